The molecule has 3 rings (SSSR count). The van der Waals surface area contributed by atoms with Crippen molar-refractivity contribution in [3.8, 4) is 0 Å². The van der Waals surface area contributed by atoms with Gasteiger partial charge in [0.05, 0.1) is 0 Å². The summed E-state index contributed by atoms with van der Waals surface area (Å²) in [6.07, 6.45) is 17.9. The van der Waals surface area contributed by atoms with Gasteiger partial charge in [0.25, 0.3) is 0 Å². The summed E-state index contributed by atoms with van der Waals surface area (Å²) in [6.45, 7) is 3.69. The topological polar surface area (TPSA) is 12.0 Å². The fourth-order valence-corrected chi connectivity index (χ4v) is 4.75. The van der Waals surface area contributed by atoms with Crippen molar-refractivity contribution in [2.24, 2.45) is 10.8 Å². The van der Waals surface area contributed by atoms with Gasteiger partial charge in [-0.3, -0.25) is 0 Å². The van der Waals surface area contributed by atoms with Crippen LogP contribution in [0.2, 0.25) is 0 Å². The minimum Gasteiger partial charge on any atom is -0.313 e. The van der Waals surface area contributed by atoms with Gasteiger partial charge in [0.15, 0.2) is 0 Å². The molecule has 3 fully saturated rings. The first-order valence-corrected chi connectivity index (χ1v) is 8.49. The van der Waals surface area contributed by atoms with Crippen molar-refractivity contribution in [2.75, 3.05) is 6.54 Å². The molecule has 104 valence electrons. The molecule has 0 heterocycles. The highest BCUT2D eigenvalue weighted by atomic mass is 14.9. The fourth-order valence-electron chi connectivity index (χ4n) is 4.75. The normalized spacial score (nSPS) is 30.5. The predicted octanol–water partition coefficient (Wildman–Crippen LogP) is 4.66. The second kappa shape index (κ2) is 5.15. The molecule has 1 heteroatoms. The molecular weight excluding hydrogens is 218 g/mol. The van der Waals surface area contributed by atoms with Gasteiger partial charge in [-0.2, -0.15) is 0 Å². The second-order valence-electron chi connectivity index (χ2n) is 7.57. The largest absolute Gasteiger partial charge is 0.313 e. The zero-order valence-corrected chi connectivity index (χ0v) is 12.3. The van der Waals surface area contributed by atoms with Gasteiger partial charge in [-0.25, -0.2) is 0 Å². The SMILES string of the molecule is CCC1(CNC2CCC3(CCCC3)CC2)CCC1. The molecule has 0 aromatic carbocycles. The molecule has 0 radical (unpaired) electrons. The molecule has 0 aliphatic heterocycles. The van der Waals surface area contributed by atoms with Crippen molar-refractivity contribution >= 4 is 0 Å². The van der Waals surface area contributed by atoms with Gasteiger partial charge in [-0.15, -0.1) is 0 Å². The summed E-state index contributed by atoms with van der Waals surface area (Å²) in [5.74, 6) is 0. The highest BCUT2D eigenvalue weighted by molar-refractivity contribution is 4.93. The lowest BCUT2D eigenvalue weighted by Crippen LogP contribution is -2.45. The maximum absolute atomic E-state index is 3.92. The molecule has 1 nitrogen and oxygen atoms in total. The van der Waals surface area contributed by atoms with Gasteiger partial charge in [-0.05, 0) is 68.6 Å². The Hall–Kier alpha value is -0.0400. The third-order valence-corrected chi connectivity index (χ3v) is 6.64. The number of hydrogen-bond acceptors (Lipinski definition) is 1. The van der Waals surface area contributed by atoms with Crippen LogP contribution in [-0.2, 0) is 0 Å². The van der Waals surface area contributed by atoms with Gasteiger partial charge in [0, 0.05) is 12.6 Å². The predicted molar refractivity (Wildman–Crippen MR) is 77.7 cm³/mol. The van der Waals surface area contributed by atoms with Crippen LogP contribution in [0.25, 0.3) is 0 Å². The molecule has 0 aromatic rings. The Balaban J connectivity index is 1.43. The van der Waals surface area contributed by atoms with E-state index in [1.807, 2.05) is 0 Å². The van der Waals surface area contributed by atoms with Crippen molar-refractivity contribution < 1.29 is 0 Å². The fraction of sp³-hybridized carbons (Fsp3) is 1.00. The van der Waals surface area contributed by atoms with Gasteiger partial charge in [0.1, 0.15) is 0 Å². The maximum Gasteiger partial charge on any atom is 0.00677 e. The highest BCUT2D eigenvalue weighted by Gasteiger charge is 2.39. The smallest absolute Gasteiger partial charge is 0.00677 e. The lowest BCUT2D eigenvalue weighted by molar-refractivity contribution is 0.104. The van der Waals surface area contributed by atoms with E-state index in [1.165, 1.54) is 70.8 Å². The van der Waals surface area contributed by atoms with Crippen molar-refractivity contribution in [1.82, 2.24) is 5.32 Å². The number of hydrogen-bond donors (Lipinski definition) is 1. The summed E-state index contributed by atoms with van der Waals surface area (Å²) >= 11 is 0. The first-order chi connectivity index (χ1) is 8.76. The van der Waals surface area contributed by atoms with E-state index in [9.17, 15) is 0 Å². The molecule has 0 unspecified atom stereocenters. The number of rotatable bonds is 4. The third kappa shape index (κ3) is 2.48. The lowest BCUT2D eigenvalue weighted by Gasteiger charge is -2.44. The molecule has 18 heavy (non-hydrogen) atoms. The molecule has 3 aliphatic carbocycles. The standard InChI is InChI=1S/C17H31N/c1-2-16(10-5-11-16)14-18-15-6-12-17(13-7-15)8-3-4-9-17/h15,18H,2-14H2,1H3. The Morgan fingerprint density at radius 1 is 0.889 bits per heavy atom. The van der Waals surface area contributed by atoms with E-state index in [4.69, 9.17) is 0 Å². The van der Waals surface area contributed by atoms with Gasteiger partial charge < -0.3 is 5.32 Å². The zero-order chi connectivity index (χ0) is 12.5. The summed E-state index contributed by atoms with van der Waals surface area (Å²) in [5.41, 5.74) is 1.50. The summed E-state index contributed by atoms with van der Waals surface area (Å²) in [6, 6.07) is 0.847. The van der Waals surface area contributed by atoms with E-state index in [-0.39, 0.29) is 0 Å². The van der Waals surface area contributed by atoms with E-state index >= 15 is 0 Å². The molecule has 0 bridgehead atoms. The van der Waals surface area contributed by atoms with E-state index in [1.54, 1.807) is 12.8 Å². The quantitative estimate of drug-likeness (QED) is 0.764. The van der Waals surface area contributed by atoms with Crippen LogP contribution in [0.15, 0.2) is 0 Å². The summed E-state index contributed by atoms with van der Waals surface area (Å²) in [4.78, 5) is 0. The average Bonchev–Trinajstić information content (AvgIpc) is 2.80. The average molecular weight is 249 g/mol. The van der Waals surface area contributed by atoms with Crippen LogP contribution >= 0.6 is 0 Å². The molecule has 0 aromatic heterocycles. The van der Waals surface area contributed by atoms with Crippen LogP contribution in [-0.4, -0.2) is 12.6 Å². The van der Waals surface area contributed by atoms with Crippen LogP contribution in [0.1, 0.15) is 84.0 Å². The maximum atomic E-state index is 3.92. The third-order valence-electron chi connectivity index (χ3n) is 6.64. The minimum absolute atomic E-state index is 0.697. The van der Waals surface area contributed by atoms with Crippen LogP contribution < -0.4 is 5.32 Å². The van der Waals surface area contributed by atoms with Crippen LogP contribution in [0.5, 0.6) is 0 Å². The van der Waals surface area contributed by atoms with E-state index < -0.39 is 0 Å². The van der Waals surface area contributed by atoms with Crippen molar-refractivity contribution in [3.63, 3.8) is 0 Å². The zero-order valence-electron chi connectivity index (χ0n) is 12.3. The molecule has 3 aliphatic rings. The Labute approximate surface area is 113 Å². The second-order valence-corrected chi connectivity index (χ2v) is 7.57. The Morgan fingerprint density at radius 3 is 2.06 bits per heavy atom. The van der Waals surface area contributed by atoms with Gasteiger partial charge in [0.2, 0.25) is 0 Å². The molecule has 3 saturated carbocycles. The van der Waals surface area contributed by atoms with Crippen molar-refractivity contribution in [2.45, 2.75) is 90.0 Å². The molecule has 1 spiro atoms. The Kier molecular flexibility index (Phi) is 3.71. The first-order valence-electron chi connectivity index (χ1n) is 8.49. The molecular formula is C17H31N. The monoisotopic (exact) mass is 249 g/mol. The van der Waals surface area contributed by atoms with Gasteiger partial charge in [-0.1, -0.05) is 26.2 Å². The van der Waals surface area contributed by atoms with Crippen molar-refractivity contribution in [3.05, 3.63) is 0 Å². The Bertz CT molecular complexity index is 258. The minimum atomic E-state index is 0.697. The summed E-state index contributed by atoms with van der Waals surface area (Å²) in [7, 11) is 0. The van der Waals surface area contributed by atoms with Crippen LogP contribution in [0, 0.1) is 10.8 Å². The van der Waals surface area contributed by atoms with E-state index in [2.05, 4.69) is 12.2 Å². The van der Waals surface area contributed by atoms with Crippen molar-refractivity contribution in [1.29, 1.82) is 0 Å². The van der Waals surface area contributed by atoms with Crippen LogP contribution in [0.4, 0.5) is 0 Å². The van der Waals surface area contributed by atoms with E-state index in [0.29, 0.717) is 5.41 Å². The molecule has 0 amide bonds. The molecule has 0 atom stereocenters. The number of nitrogens with one attached hydrogen (secondary N) is 1. The molecule has 1 N–H and O–H groups in total. The summed E-state index contributed by atoms with van der Waals surface area (Å²) < 4.78 is 0. The molecule has 0 saturated heterocycles. The summed E-state index contributed by atoms with van der Waals surface area (Å²) in [5, 5.41) is 3.92. The lowest BCUT2D eigenvalue weighted by atomic mass is 9.66. The first kappa shape index (κ1) is 13.0. The van der Waals surface area contributed by atoms with Gasteiger partial charge >= 0.3 is 0 Å². The highest BCUT2D eigenvalue weighted by Crippen LogP contribution is 2.49. The van der Waals surface area contributed by atoms with E-state index in [0.717, 1.165) is 11.5 Å². The Morgan fingerprint density at radius 2 is 1.56 bits per heavy atom. The van der Waals surface area contributed by atoms with Crippen LogP contribution in [0.3, 0.4) is 0 Å².